The Bertz CT molecular complexity index is 662. The monoisotopic (exact) mass is 549 g/mol. The zero-order chi connectivity index (χ0) is 27.2. The second kappa shape index (κ2) is 20.9. The van der Waals surface area contributed by atoms with Crippen molar-refractivity contribution >= 4 is 19.7 Å². The SMILES string of the molecule is CCCCCCCCCCCCCCCCCCNC(=O)OCC1(COP(=O)(O)OCC)CC(=O)CO1. The van der Waals surface area contributed by atoms with Gasteiger partial charge >= 0.3 is 13.9 Å². The Labute approximate surface area is 224 Å². The van der Waals surface area contributed by atoms with Crippen LogP contribution in [0.2, 0.25) is 0 Å². The van der Waals surface area contributed by atoms with Gasteiger partial charge < -0.3 is 19.7 Å². The molecule has 0 aromatic carbocycles. The molecule has 0 radical (unpaired) electrons. The number of alkyl carbamates (subject to hydrolysis) is 1. The summed E-state index contributed by atoms with van der Waals surface area (Å²) in [5.41, 5.74) is -1.28. The van der Waals surface area contributed by atoms with E-state index in [0.717, 1.165) is 19.3 Å². The number of unbranched alkanes of at least 4 members (excludes halogenated alkanes) is 15. The molecule has 1 amide bonds. The number of carbonyl (C=O) groups is 2. The first kappa shape index (κ1) is 34.0. The Balaban J connectivity index is 2.00. The molecule has 218 valence electrons. The van der Waals surface area contributed by atoms with Crippen LogP contribution in [0.1, 0.15) is 123 Å². The fraction of sp³-hybridized carbons (Fsp3) is 0.926. The number of nitrogens with one attached hydrogen (secondary N) is 1. The lowest BCUT2D eigenvalue weighted by Crippen LogP contribution is -2.41. The highest BCUT2D eigenvalue weighted by Crippen LogP contribution is 2.44. The van der Waals surface area contributed by atoms with Gasteiger partial charge in [-0.2, -0.15) is 0 Å². The molecule has 1 aliphatic rings. The molecule has 1 aliphatic heterocycles. The molecule has 0 aromatic rings. The van der Waals surface area contributed by atoms with Crippen molar-refractivity contribution in [2.75, 3.05) is 33.0 Å². The van der Waals surface area contributed by atoms with Crippen LogP contribution in [0, 0.1) is 0 Å². The van der Waals surface area contributed by atoms with E-state index >= 15 is 0 Å². The van der Waals surface area contributed by atoms with Crippen molar-refractivity contribution in [1.82, 2.24) is 5.32 Å². The van der Waals surface area contributed by atoms with Gasteiger partial charge in [0, 0.05) is 13.0 Å². The molecule has 1 rings (SSSR count). The summed E-state index contributed by atoms with van der Waals surface area (Å²) >= 11 is 0. The van der Waals surface area contributed by atoms with Crippen LogP contribution in [0.15, 0.2) is 0 Å². The van der Waals surface area contributed by atoms with Gasteiger partial charge in [-0.15, -0.1) is 0 Å². The van der Waals surface area contributed by atoms with Crippen LogP contribution in [0.4, 0.5) is 4.79 Å². The second-order valence-electron chi connectivity index (χ2n) is 10.2. The largest absolute Gasteiger partial charge is 0.472 e. The molecule has 1 fully saturated rings. The number of phosphoric ester groups is 1. The van der Waals surface area contributed by atoms with Gasteiger partial charge in [-0.25, -0.2) is 9.36 Å². The normalized spacial score (nSPS) is 19.2. The van der Waals surface area contributed by atoms with E-state index in [0.29, 0.717) is 6.54 Å². The third kappa shape index (κ3) is 18.0. The molecule has 2 atom stereocenters. The lowest BCUT2D eigenvalue weighted by Gasteiger charge is -2.27. The van der Waals surface area contributed by atoms with Crippen LogP contribution >= 0.6 is 7.82 Å². The summed E-state index contributed by atoms with van der Waals surface area (Å²) in [5.74, 6) is -0.190. The van der Waals surface area contributed by atoms with Crippen molar-refractivity contribution in [1.29, 1.82) is 0 Å². The maximum Gasteiger partial charge on any atom is 0.472 e. The summed E-state index contributed by atoms with van der Waals surface area (Å²) in [7, 11) is -4.25. The van der Waals surface area contributed by atoms with Crippen LogP contribution in [0.5, 0.6) is 0 Å². The van der Waals surface area contributed by atoms with Gasteiger partial charge in [0.25, 0.3) is 0 Å². The zero-order valence-electron chi connectivity index (χ0n) is 23.3. The molecule has 0 saturated carbocycles. The number of hydrogen-bond donors (Lipinski definition) is 2. The van der Waals surface area contributed by atoms with Crippen LogP contribution < -0.4 is 5.32 Å². The maximum atomic E-state index is 12.0. The average molecular weight is 550 g/mol. The summed E-state index contributed by atoms with van der Waals surface area (Å²) in [5, 5.41) is 2.71. The fourth-order valence-corrected chi connectivity index (χ4v) is 5.23. The molecule has 1 heterocycles. The zero-order valence-corrected chi connectivity index (χ0v) is 24.2. The van der Waals surface area contributed by atoms with E-state index in [4.69, 9.17) is 14.0 Å². The van der Waals surface area contributed by atoms with E-state index in [2.05, 4.69) is 16.8 Å². The highest BCUT2D eigenvalue weighted by Gasteiger charge is 2.43. The molecular weight excluding hydrogens is 497 g/mol. The van der Waals surface area contributed by atoms with Crippen molar-refractivity contribution in [2.45, 2.75) is 129 Å². The Morgan fingerprint density at radius 1 is 0.865 bits per heavy atom. The van der Waals surface area contributed by atoms with Gasteiger partial charge in [-0.05, 0) is 13.3 Å². The summed E-state index contributed by atoms with van der Waals surface area (Å²) in [6.45, 7) is 3.53. The number of phosphoric acid groups is 1. The van der Waals surface area contributed by atoms with E-state index < -0.39 is 19.5 Å². The summed E-state index contributed by atoms with van der Waals surface area (Å²) in [6, 6.07) is 0. The highest BCUT2D eigenvalue weighted by molar-refractivity contribution is 7.47. The first-order valence-corrected chi connectivity index (χ1v) is 16.0. The molecule has 0 bridgehead atoms. The van der Waals surface area contributed by atoms with Crippen molar-refractivity contribution < 1.29 is 37.6 Å². The summed E-state index contributed by atoms with van der Waals surface area (Å²) in [6.07, 6.45) is 20.0. The van der Waals surface area contributed by atoms with E-state index in [1.807, 2.05) is 0 Å². The number of Topliss-reactive ketones (excluding diaryl/α,β-unsaturated/α-hetero) is 1. The molecule has 9 nitrogen and oxygen atoms in total. The minimum atomic E-state index is -4.25. The molecule has 10 heteroatoms. The van der Waals surface area contributed by atoms with Gasteiger partial charge in [0.05, 0.1) is 13.2 Å². The molecule has 0 aromatic heterocycles. The Morgan fingerprint density at radius 3 is 1.84 bits per heavy atom. The topological polar surface area (TPSA) is 120 Å². The number of hydrogen-bond acceptors (Lipinski definition) is 7. The van der Waals surface area contributed by atoms with Crippen LogP contribution in [-0.4, -0.2) is 55.3 Å². The standard InChI is InChI=1S/C27H52NO8P/c1-3-5-6-7-8-9-10-11-12-13-14-15-16-17-18-19-20-28-26(30)33-23-27(21-25(29)22-34-27)24-36-37(31,32)35-4-2/h3-24H2,1-2H3,(H,28,30)(H,31,32). The summed E-state index contributed by atoms with van der Waals surface area (Å²) in [4.78, 5) is 33.3. The predicted molar refractivity (Wildman–Crippen MR) is 145 cm³/mol. The Hall–Kier alpha value is -0.990. The average Bonchev–Trinajstić information content (AvgIpc) is 3.24. The number of rotatable bonds is 24. The smallest absolute Gasteiger partial charge is 0.446 e. The van der Waals surface area contributed by atoms with Crippen LogP contribution in [0.25, 0.3) is 0 Å². The molecular formula is C27H52NO8P. The van der Waals surface area contributed by atoms with Crippen LogP contribution in [-0.2, 0) is 27.9 Å². The second-order valence-corrected chi connectivity index (χ2v) is 11.6. The van der Waals surface area contributed by atoms with E-state index in [1.54, 1.807) is 6.92 Å². The van der Waals surface area contributed by atoms with Gasteiger partial charge in [0.15, 0.2) is 5.78 Å². The number of ketones is 1. The number of amides is 1. The first-order valence-electron chi connectivity index (χ1n) is 14.5. The minimum absolute atomic E-state index is 0.00116. The van der Waals surface area contributed by atoms with Crippen molar-refractivity contribution in [3.05, 3.63) is 0 Å². The van der Waals surface area contributed by atoms with Gasteiger partial charge in [-0.1, -0.05) is 103 Å². The number of carbonyl (C=O) groups excluding carboxylic acids is 2. The van der Waals surface area contributed by atoms with Gasteiger partial charge in [-0.3, -0.25) is 13.8 Å². The maximum absolute atomic E-state index is 12.0. The van der Waals surface area contributed by atoms with Gasteiger partial charge in [0.1, 0.15) is 18.8 Å². The fourth-order valence-electron chi connectivity index (χ4n) is 4.43. The minimum Gasteiger partial charge on any atom is -0.446 e. The molecule has 0 aliphatic carbocycles. The highest BCUT2D eigenvalue weighted by atomic mass is 31.2. The lowest BCUT2D eigenvalue weighted by molar-refractivity contribution is -0.117. The Morgan fingerprint density at radius 2 is 1.38 bits per heavy atom. The van der Waals surface area contributed by atoms with E-state index in [9.17, 15) is 19.0 Å². The van der Waals surface area contributed by atoms with Crippen molar-refractivity contribution in [3.8, 4) is 0 Å². The quantitative estimate of drug-likeness (QED) is 0.0990. The summed E-state index contributed by atoms with van der Waals surface area (Å²) < 4.78 is 32.0. The molecule has 2 unspecified atom stereocenters. The third-order valence-electron chi connectivity index (χ3n) is 6.61. The van der Waals surface area contributed by atoms with Crippen LogP contribution in [0.3, 0.4) is 0 Å². The molecule has 2 N–H and O–H groups in total. The van der Waals surface area contributed by atoms with Crippen molar-refractivity contribution in [2.24, 2.45) is 0 Å². The van der Waals surface area contributed by atoms with E-state index in [-0.39, 0.29) is 38.6 Å². The lowest BCUT2D eigenvalue weighted by atomic mass is 10.0. The first-order chi connectivity index (χ1) is 17.8. The molecule has 37 heavy (non-hydrogen) atoms. The van der Waals surface area contributed by atoms with Gasteiger partial charge in [0.2, 0.25) is 0 Å². The van der Waals surface area contributed by atoms with E-state index in [1.165, 1.54) is 83.5 Å². The Kier molecular flexibility index (Phi) is 19.2. The number of ether oxygens (including phenoxy) is 2. The molecule has 0 spiro atoms. The third-order valence-corrected chi connectivity index (χ3v) is 7.65. The molecule has 1 saturated heterocycles. The predicted octanol–water partition coefficient (Wildman–Crippen LogP) is 6.86. The van der Waals surface area contributed by atoms with Crippen molar-refractivity contribution in [3.63, 3.8) is 0 Å².